The number of nitrogens with zero attached hydrogens (tertiary/aromatic N) is 4. The lowest BCUT2D eigenvalue weighted by Crippen LogP contribution is -2.45. The molecule has 2 bridgehead atoms. The van der Waals surface area contributed by atoms with Crippen LogP contribution >= 0.6 is 0 Å². The highest BCUT2D eigenvalue weighted by Crippen LogP contribution is 2.50. The van der Waals surface area contributed by atoms with Gasteiger partial charge in [-0.2, -0.15) is 23.1 Å². The predicted octanol–water partition coefficient (Wildman–Crippen LogP) is 3.79. The number of halogens is 4. The fraction of sp³-hybridized carbons (Fsp3) is 0.538. The molecule has 5 N–H and O–H groups in total. The summed E-state index contributed by atoms with van der Waals surface area (Å²) in [7, 11) is 0. The predicted molar refractivity (Wildman–Crippen MR) is 137 cm³/mol. The Hall–Kier alpha value is -3.52. The summed E-state index contributed by atoms with van der Waals surface area (Å²) in [5.74, 6) is -1.73. The Morgan fingerprint density at radius 2 is 1.95 bits per heavy atom. The molecule has 10 nitrogen and oxygen atoms in total. The first kappa shape index (κ1) is 26.7. The van der Waals surface area contributed by atoms with E-state index in [9.17, 15) is 13.2 Å². The molecule has 6 heterocycles. The van der Waals surface area contributed by atoms with Crippen LogP contribution in [0.2, 0.25) is 0 Å². The van der Waals surface area contributed by atoms with Crippen LogP contribution in [0.4, 0.5) is 29.2 Å². The van der Waals surface area contributed by atoms with E-state index in [-0.39, 0.29) is 58.6 Å². The summed E-state index contributed by atoms with van der Waals surface area (Å²) in [5.41, 5.74) is 8.68. The molecule has 3 aromatic heterocycles. The van der Waals surface area contributed by atoms with Crippen molar-refractivity contribution >= 4 is 22.5 Å². The number of alkyl halides is 3. The minimum atomic E-state index is -4.87. The Balaban J connectivity index is 1.48. The number of rotatable bonds is 8. The van der Waals surface area contributed by atoms with E-state index in [1.165, 1.54) is 0 Å². The first-order valence-electron chi connectivity index (χ1n) is 13.1. The SMILES string of the molecule is Cc1nc(N)cc(-c2nc(OC(C)CC3CCN3)c3c(N)nc(OCC45COC(C4)C5)nc3c2F)c1C(F)(F)F. The second-order valence-electron chi connectivity index (χ2n) is 11.0. The molecule has 4 aliphatic rings. The van der Waals surface area contributed by atoms with Gasteiger partial charge >= 0.3 is 12.2 Å². The van der Waals surface area contributed by atoms with Gasteiger partial charge in [0.05, 0.1) is 36.7 Å². The van der Waals surface area contributed by atoms with Crippen LogP contribution in [-0.2, 0) is 10.9 Å². The summed E-state index contributed by atoms with van der Waals surface area (Å²) in [6.45, 7) is 4.60. The van der Waals surface area contributed by atoms with Crippen LogP contribution in [0.25, 0.3) is 22.2 Å². The van der Waals surface area contributed by atoms with Crippen LogP contribution in [-0.4, -0.2) is 57.9 Å². The Morgan fingerprint density at radius 1 is 1.20 bits per heavy atom. The summed E-state index contributed by atoms with van der Waals surface area (Å²) in [6, 6.07) is 0.955. The highest BCUT2D eigenvalue weighted by Gasteiger charge is 2.52. The molecule has 1 saturated carbocycles. The Labute approximate surface area is 226 Å². The Bertz CT molecular complexity index is 1470. The number of ether oxygens (including phenoxy) is 3. The number of pyridine rings is 2. The van der Waals surface area contributed by atoms with E-state index in [1.807, 2.05) is 0 Å². The van der Waals surface area contributed by atoms with Gasteiger partial charge in [-0.05, 0) is 52.1 Å². The number of aryl methyl sites for hydroxylation is 1. The molecule has 4 fully saturated rings. The molecule has 2 unspecified atom stereocenters. The van der Waals surface area contributed by atoms with Crippen molar-refractivity contribution in [3.05, 3.63) is 23.1 Å². The van der Waals surface area contributed by atoms with Crippen molar-refractivity contribution in [1.29, 1.82) is 0 Å². The number of hydrogen-bond donors (Lipinski definition) is 3. The van der Waals surface area contributed by atoms with Crippen molar-refractivity contribution in [3.8, 4) is 23.1 Å². The minimum absolute atomic E-state index is 0.0552. The molecule has 0 radical (unpaired) electrons. The van der Waals surface area contributed by atoms with Gasteiger partial charge in [-0.15, -0.1) is 0 Å². The van der Waals surface area contributed by atoms with Gasteiger partial charge < -0.3 is 31.0 Å². The van der Waals surface area contributed by atoms with Crippen LogP contribution in [0.1, 0.15) is 43.9 Å². The molecule has 3 aromatic rings. The smallest absolute Gasteiger partial charge is 0.418 e. The molecule has 1 aliphatic carbocycles. The van der Waals surface area contributed by atoms with Gasteiger partial charge in [0.2, 0.25) is 5.88 Å². The molecule has 2 atom stereocenters. The minimum Gasteiger partial charge on any atom is -0.474 e. The first-order valence-corrected chi connectivity index (χ1v) is 13.1. The van der Waals surface area contributed by atoms with Crippen molar-refractivity contribution < 1.29 is 31.8 Å². The zero-order chi connectivity index (χ0) is 28.4. The molecule has 3 saturated heterocycles. The molecule has 0 spiro atoms. The second-order valence-corrected chi connectivity index (χ2v) is 11.0. The van der Waals surface area contributed by atoms with E-state index in [0.717, 1.165) is 38.8 Å². The molecular weight excluding hydrogens is 534 g/mol. The summed E-state index contributed by atoms with van der Waals surface area (Å²) < 4.78 is 76.1. The van der Waals surface area contributed by atoms with Crippen LogP contribution in [0.15, 0.2) is 6.07 Å². The molecule has 0 amide bonds. The lowest BCUT2D eigenvalue weighted by molar-refractivity contribution is -0.137. The van der Waals surface area contributed by atoms with Crippen molar-refractivity contribution in [1.82, 2.24) is 25.3 Å². The van der Waals surface area contributed by atoms with Gasteiger partial charge in [-0.25, -0.2) is 14.4 Å². The largest absolute Gasteiger partial charge is 0.474 e. The number of anilines is 2. The number of nitrogens with one attached hydrogen (secondary N) is 1. The average Bonchev–Trinajstić information content (AvgIpc) is 3.42. The van der Waals surface area contributed by atoms with Crippen LogP contribution in [0.3, 0.4) is 0 Å². The average molecular weight is 564 g/mol. The van der Waals surface area contributed by atoms with Gasteiger partial charge in [0.15, 0.2) is 5.82 Å². The number of hydrogen-bond acceptors (Lipinski definition) is 10. The lowest BCUT2D eigenvalue weighted by Gasteiger charge is -2.34. The number of aromatic nitrogens is 4. The number of fused-ring (bicyclic) bond motifs is 2. The third-order valence-electron chi connectivity index (χ3n) is 7.83. The molecule has 0 aromatic carbocycles. The molecule has 3 aliphatic heterocycles. The zero-order valence-electron chi connectivity index (χ0n) is 21.9. The van der Waals surface area contributed by atoms with Gasteiger partial charge in [0.1, 0.15) is 28.2 Å². The first-order chi connectivity index (χ1) is 18.9. The highest BCUT2D eigenvalue weighted by atomic mass is 19.4. The van der Waals surface area contributed by atoms with Crippen molar-refractivity contribution in [2.75, 3.05) is 31.2 Å². The Morgan fingerprint density at radius 3 is 2.58 bits per heavy atom. The molecule has 7 rings (SSSR count). The normalized spacial score (nSPS) is 24.4. The van der Waals surface area contributed by atoms with Crippen molar-refractivity contribution in [3.63, 3.8) is 0 Å². The van der Waals surface area contributed by atoms with E-state index < -0.39 is 40.6 Å². The van der Waals surface area contributed by atoms with Gasteiger partial charge in [-0.3, -0.25) is 0 Å². The quantitative estimate of drug-likeness (QED) is 0.346. The molecular formula is C26H29F4N7O3. The highest BCUT2D eigenvalue weighted by molar-refractivity contribution is 5.95. The van der Waals surface area contributed by atoms with Crippen molar-refractivity contribution in [2.24, 2.45) is 5.41 Å². The summed E-state index contributed by atoms with van der Waals surface area (Å²) >= 11 is 0. The summed E-state index contributed by atoms with van der Waals surface area (Å²) in [4.78, 5) is 16.4. The van der Waals surface area contributed by atoms with Crippen LogP contribution in [0.5, 0.6) is 11.9 Å². The van der Waals surface area contributed by atoms with E-state index >= 15 is 4.39 Å². The maximum Gasteiger partial charge on any atom is 0.418 e. The third kappa shape index (κ3) is 4.72. The molecule has 214 valence electrons. The number of nitrogen functional groups attached to an aromatic ring is 2. The Kier molecular flexibility index (Phi) is 6.37. The van der Waals surface area contributed by atoms with Crippen molar-refractivity contribution in [2.45, 2.75) is 64.0 Å². The topological polar surface area (TPSA) is 143 Å². The maximum absolute atomic E-state index is 16.2. The zero-order valence-corrected chi connectivity index (χ0v) is 21.9. The van der Waals surface area contributed by atoms with Gasteiger partial charge in [0, 0.05) is 17.0 Å². The molecule has 40 heavy (non-hydrogen) atoms. The fourth-order valence-corrected chi connectivity index (χ4v) is 5.72. The van der Waals surface area contributed by atoms with Crippen LogP contribution in [0, 0.1) is 18.2 Å². The molecule has 14 heteroatoms. The van der Waals surface area contributed by atoms with Gasteiger partial charge in [-0.1, -0.05) is 0 Å². The van der Waals surface area contributed by atoms with E-state index in [1.54, 1.807) is 6.92 Å². The lowest BCUT2D eigenvalue weighted by atomic mass is 9.71. The fourth-order valence-electron chi connectivity index (χ4n) is 5.72. The summed E-state index contributed by atoms with van der Waals surface area (Å²) in [6.07, 6.45) is -1.84. The van der Waals surface area contributed by atoms with Gasteiger partial charge in [0.25, 0.3) is 0 Å². The maximum atomic E-state index is 16.2. The van der Waals surface area contributed by atoms with E-state index in [4.69, 9.17) is 25.7 Å². The monoisotopic (exact) mass is 563 g/mol. The van der Waals surface area contributed by atoms with E-state index in [0.29, 0.717) is 13.0 Å². The standard InChI is InChI=1S/C26H29F4N7O3/c1-11(5-13-3-4-33-13)40-23-17-21(36-24(37-22(17)32)39-10-25-7-14(8-25)38-9-25)19(27)20(35-23)15-6-16(31)34-12(2)18(15)26(28,29)30/h6,11,13-14,33H,3-5,7-10H2,1-2H3,(H2,31,34)(H2,32,36,37). The third-order valence-corrected chi connectivity index (χ3v) is 7.83. The van der Waals surface area contributed by atoms with Crippen LogP contribution < -0.4 is 26.3 Å². The summed E-state index contributed by atoms with van der Waals surface area (Å²) in [5, 5.41) is 3.21. The number of nitrogens with two attached hydrogens (primary N) is 2. The second kappa shape index (κ2) is 9.54. The van der Waals surface area contributed by atoms with E-state index in [2.05, 4.69) is 25.3 Å².